The van der Waals surface area contributed by atoms with E-state index in [0.717, 1.165) is 0 Å². The number of ether oxygens (including phenoxy) is 1. The summed E-state index contributed by atoms with van der Waals surface area (Å²) < 4.78 is 26.2. The molecule has 0 saturated carbocycles. The van der Waals surface area contributed by atoms with E-state index < -0.39 is 10.0 Å². The number of carbonyl (C=O) groups is 2. The maximum atomic E-state index is 11.2. The number of primary sulfonamides is 1. The number of hydrogen-bond donors (Lipinski definition) is 2. The molecule has 0 aromatic heterocycles. The lowest BCUT2D eigenvalue weighted by molar-refractivity contribution is -0.136. The van der Waals surface area contributed by atoms with Crippen LogP contribution in [0.25, 0.3) is 0 Å². The number of sulfonamides is 1. The highest BCUT2D eigenvalue weighted by Crippen LogP contribution is 2.13. The SMILES string of the molecule is C=C(C)C(=O)Nc1ccc(S(N)(=O)=O)cc1.C=C(C)C(=O)OC. The number of methoxy groups -OCH3 is 1. The summed E-state index contributed by atoms with van der Waals surface area (Å²) in [6.07, 6.45) is 0. The summed E-state index contributed by atoms with van der Waals surface area (Å²) in [5.74, 6) is -0.664. The van der Waals surface area contributed by atoms with Crippen LogP contribution in [0, 0.1) is 0 Å². The molecule has 7 nitrogen and oxygen atoms in total. The third-order valence-corrected chi connectivity index (χ3v) is 3.29. The molecule has 0 unspecified atom stereocenters. The van der Waals surface area contributed by atoms with Crippen molar-refractivity contribution < 1.29 is 22.7 Å². The molecule has 126 valence electrons. The van der Waals surface area contributed by atoms with Gasteiger partial charge >= 0.3 is 5.97 Å². The van der Waals surface area contributed by atoms with Crippen LogP contribution in [0.4, 0.5) is 5.69 Å². The molecule has 1 rings (SSSR count). The second kappa shape index (κ2) is 8.86. The van der Waals surface area contributed by atoms with Gasteiger partial charge in [-0.2, -0.15) is 0 Å². The molecule has 0 atom stereocenters. The molecule has 1 aromatic rings. The van der Waals surface area contributed by atoms with Crippen molar-refractivity contribution in [3.8, 4) is 0 Å². The Balaban J connectivity index is 0.000000585. The molecule has 8 heteroatoms. The maximum Gasteiger partial charge on any atom is 0.332 e. The van der Waals surface area contributed by atoms with Gasteiger partial charge in [-0.05, 0) is 38.1 Å². The molecular weight excluding hydrogens is 320 g/mol. The Morgan fingerprint density at radius 2 is 1.57 bits per heavy atom. The minimum Gasteiger partial charge on any atom is -0.466 e. The summed E-state index contributed by atoms with van der Waals surface area (Å²) in [6.45, 7) is 10.0. The molecule has 23 heavy (non-hydrogen) atoms. The average molecular weight is 340 g/mol. The number of nitrogens with two attached hydrogens (primary N) is 1. The first-order valence-electron chi connectivity index (χ1n) is 6.32. The van der Waals surface area contributed by atoms with Gasteiger partial charge in [0.2, 0.25) is 10.0 Å². The Morgan fingerprint density at radius 1 is 1.09 bits per heavy atom. The number of benzene rings is 1. The molecule has 0 bridgehead atoms. The van der Waals surface area contributed by atoms with E-state index in [2.05, 4.69) is 23.2 Å². The van der Waals surface area contributed by atoms with Gasteiger partial charge in [-0.15, -0.1) is 0 Å². The van der Waals surface area contributed by atoms with E-state index in [4.69, 9.17) is 5.14 Å². The fraction of sp³-hybridized carbons (Fsp3) is 0.200. The van der Waals surface area contributed by atoms with E-state index in [1.807, 2.05) is 0 Å². The van der Waals surface area contributed by atoms with E-state index in [-0.39, 0.29) is 16.8 Å². The highest BCUT2D eigenvalue weighted by atomic mass is 32.2. The molecule has 0 aliphatic carbocycles. The first-order chi connectivity index (χ1) is 10.5. The zero-order valence-electron chi connectivity index (χ0n) is 13.3. The summed E-state index contributed by atoms with van der Waals surface area (Å²) >= 11 is 0. The van der Waals surface area contributed by atoms with E-state index >= 15 is 0 Å². The molecule has 0 heterocycles. The number of amides is 1. The smallest absolute Gasteiger partial charge is 0.332 e. The molecule has 1 amide bonds. The van der Waals surface area contributed by atoms with E-state index in [9.17, 15) is 18.0 Å². The van der Waals surface area contributed by atoms with E-state index in [1.165, 1.54) is 31.4 Å². The van der Waals surface area contributed by atoms with Crippen molar-refractivity contribution in [1.82, 2.24) is 0 Å². The Hall–Kier alpha value is -2.45. The van der Waals surface area contributed by atoms with Gasteiger partial charge in [0.15, 0.2) is 0 Å². The Bertz CT molecular complexity index is 706. The van der Waals surface area contributed by atoms with Crippen LogP contribution >= 0.6 is 0 Å². The lowest BCUT2D eigenvalue weighted by atomic mass is 10.3. The van der Waals surface area contributed by atoms with Crippen LogP contribution in [-0.2, 0) is 24.3 Å². The summed E-state index contributed by atoms with van der Waals surface area (Å²) in [5, 5.41) is 7.47. The predicted octanol–water partition coefficient (Wildman–Crippen LogP) is 1.58. The van der Waals surface area contributed by atoms with Crippen LogP contribution in [0.3, 0.4) is 0 Å². The largest absolute Gasteiger partial charge is 0.466 e. The van der Waals surface area contributed by atoms with Gasteiger partial charge in [-0.1, -0.05) is 13.2 Å². The number of hydrogen-bond acceptors (Lipinski definition) is 5. The summed E-state index contributed by atoms with van der Waals surface area (Å²) in [5.41, 5.74) is 1.29. The van der Waals surface area contributed by atoms with Crippen LogP contribution in [0.15, 0.2) is 53.5 Å². The topological polar surface area (TPSA) is 116 Å². The van der Waals surface area contributed by atoms with Crippen molar-refractivity contribution in [2.24, 2.45) is 5.14 Å². The van der Waals surface area contributed by atoms with Gasteiger partial charge in [-0.3, -0.25) is 4.79 Å². The highest BCUT2D eigenvalue weighted by molar-refractivity contribution is 7.89. The Kier molecular flexibility index (Phi) is 7.92. The van der Waals surface area contributed by atoms with Crippen LogP contribution in [-0.4, -0.2) is 27.4 Å². The summed E-state index contributed by atoms with van der Waals surface area (Å²) in [4.78, 5) is 21.4. The fourth-order valence-electron chi connectivity index (χ4n) is 1.14. The standard InChI is InChI=1S/C10H12N2O3S.C5H8O2/c1-7(2)10(13)12-8-3-5-9(6-4-8)16(11,14)15;1-4(2)5(6)7-3/h3-6H,1H2,2H3,(H,12,13)(H2,11,14,15);1H2,2-3H3. The van der Waals surface area contributed by atoms with Crippen LogP contribution < -0.4 is 10.5 Å². The van der Waals surface area contributed by atoms with Gasteiger partial charge in [-0.25, -0.2) is 18.4 Å². The van der Waals surface area contributed by atoms with Gasteiger partial charge in [0.1, 0.15) is 0 Å². The third-order valence-electron chi connectivity index (χ3n) is 2.36. The molecule has 0 aliphatic rings. The van der Waals surface area contributed by atoms with Crippen LogP contribution in [0.5, 0.6) is 0 Å². The van der Waals surface area contributed by atoms with Gasteiger partial charge in [0.05, 0.1) is 12.0 Å². The molecule has 0 aliphatic heterocycles. The molecule has 3 N–H and O–H groups in total. The van der Waals surface area contributed by atoms with E-state index in [1.54, 1.807) is 13.8 Å². The van der Waals surface area contributed by atoms with Crippen molar-refractivity contribution in [3.63, 3.8) is 0 Å². The molecule has 0 fully saturated rings. The van der Waals surface area contributed by atoms with Gasteiger partial charge in [0, 0.05) is 16.8 Å². The third kappa shape index (κ3) is 7.93. The monoisotopic (exact) mass is 340 g/mol. The van der Waals surface area contributed by atoms with Crippen molar-refractivity contribution >= 4 is 27.6 Å². The number of anilines is 1. The normalized spacial score (nSPS) is 9.91. The quantitative estimate of drug-likeness (QED) is 0.638. The number of carbonyl (C=O) groups excluding carboxylic acids is 2. The zero-order valence-corrected chi connectivity index (χ0v) is 14.1. The fourth-order valence-corrected chi connectivity index (χ4v) is 1.66. The number of nitrogens with one attached hydrogen (secondary N) is 1. The second-order valence-electron chi connectivity index (χ2n) is 4.58. The Labute approximate surface area is 135 Å². The van der Waals surface area contributed by atoms with Crippen LogP contribution in [0.2, 0.25) is 0 Å². The van der Waals surface area contributed by atoms with Crippen molar-refractivity contribution in [1.29, 1.82) is 0 Å². The Morgan fingerprint density at radius 3 is 1.83 bits per heavy atom. The minimum atomic E-state index is -3.69. The zero-order chi connectivity index (χ0) is 18.2. The predicted molar refractivity (Wildman–Crippen MR) is 88.1 cm³/mol. The summed E-state index contributed by atoms with van der Waals surface area (Å²) in [7, 11) is -2.36. The highest BCUT2D eigenvalue weighted by Gasteiger charge is 2.07. The molecule has 0 radical (unpaired) electrons. The first-order valence-corrected chi connectivity index (χ1v) is 7.87. The van der Waals surface area contributed by atoms with Crippen molar-refractivity contribution in [2.75, 3.05) is 12.4 Å². The van der Waals surface area contributed by atoms with Crippen LogP contribution in [0.1, 0.15) is 13.8 Å². The molecule has 0 spiro atoms. The minimum absolute atomic E-state index is 0.000763. The van der Waals surface area contributed by atoms with E-state index in [0.29, 0.717) is 16.8 Å². The maximum absolute atomic E-state index is 11.2. The number of rotatable bonds is 4. The lowest BCUT2D eigenvalue weighted by Crippen LogP contribution is -2.13. The van der Waals surface area contributed by atoms with Gasteiger partial charge < -0.3 is 10.1 Å². The average Bonchev–Trinajstić information content (AvgIpc) is 2.46. The summed E-state index contributed by atoms with van der Waals surface area (Å²) in [6, 6.07) is 5.56. The second-order valence-corrected chi connectivity index (χ2v) is 6.14. The molecule has 0 saturated heterocycles. The van der Waals surface area contributed by atoms with Crippen molar-refractivity contribution in [2.45, 2.75) is 18.7 Å². The van der Waals surface area contributed by atoms with Gasteiger partial charge in [0.25, 0.3) is 5.91 Å². The number of esters is 1. The molecule has 1 aromatic carbocycles. The first kappa shape index (κ1) is 20.6. The molecular formula is C15H20N2O5S. The van der Waals surface area contributed by atoms with Crippen molar-refractivity contribution in [3.05, 3.63) is 48.6 Å². The lowest BCUT2D eigenvalue weighted by Gasteiger charge is -2.05.